The molecule has 26 heavy (non-hydrogen) atoms. The molecule has 2 aliphatic carbocycles. The van der Waals surface area contributed by atoms with Crippen molar-refractivity contribution in [3.05, 3.63) is 23.1 Å². The zero-order valence-electron chi connectivity index (χ0n) is 15.5. The molecule has 2 fully saturated rings. The van der Waals surface area contributed by atoms with Crippen LogP contribution in [0.5, 0.6) is 0 Å². The number of nitrogens with two attached hydrogens (primary N) is 1. The van der Waals surface area contributed by atoms with Gasteiger partial charge in [-0.15, -0.1) is 0 Å². The number of halogens is 1. The number of rotatable bonds is 5. The third kappa shape index (κ3) is 3.86. The molecule has 7 heteroatoms. The SMILES string of the molecule is Cn1ncc(-c2nc(NC3CCC(C)(N)CC3)ncc2Cl)c1CC1CC1. The van der Waals surface area contributed by atoms with Gasteiger partial charge in [-0.25, -0.2) is 9.97 Å². The highest BCUT2D eigenvalue weighted by atomic mass is 35.5. The van der Waals surface area contributed by atoms with Gasteiger partial charge < -0.3 is 11.1 Å². The third-order valence-corrected chi connectivity index (χ3v) is 5.98. The number of hydrogen-bond donors (Lipinski definition) is 2. The van der Waals surface area contributed by atoms with E-state index in [1.165, 1.54) is 18.5 Å². The van der Waals surface area contributed by atoms with Gasteiger partial charge in [0.1, 0.15) is 0 Å². The molecule has 0 amide bonds. The van der Waals surface area contributed by atoms with Gasteiger partial charge in [0, 0.05) is 29.9 Å². The second kappa shape index (κ2) is 6.82. The molecular weight excluding hydrogens is 348 g/mol. The van der Waals surface area contributed by atoms with Gasteiger partial charge >= 0.3 is 0 Å². The standard InChI is InChI=1S/C19H27ClN6/c1-19(21)7-5-13(6-8-19)24-18-22-11-15(20)17(25-18)14-10-23-26(2)16(14)9-12-3-4-12/h10-13H,3-9,21H2,1-2H3,(H,22,24,25). The van der Waals surface area contributed by atoms with Crippen LogP contribution >= 0.6 is 11.6 Å². The molecule has 0 spiro atoms. The van der Waals surface area contributed by atoms with E-state index in [-0.39, 0.29) is 5.54 Å². The van der Waals surface area contributed by atoms with E-state index in [0.717, 1.165) is 49.3 Å². The fourth-order valence-electron chi connectivity index (χ4n) is 3.73. The van der Waals surface area contributed by atoms with Crippen molar-refractivity contribution in [2.75, 3.05) is 5.32 Å². The number of anilines is 1. The van der Waals surface area contributed by atoms with Crippen molar-refractivity contribution in [1.29, 1.82) is 0 Å². The molecule has 6 nitrogen and oxygen atoms in total. The number of nitrogens with zero attached hydrogens (tertiary/aromatic N) is 4. The minimum Gasteiger partial charge on any atom is -0.351 e. The molecule has 0 unspecified atom stereocenters. The molecule has 2 aromatic rings. The molecule has 0 atom stereocenters. The van der Waals surface area contributed by atoms with Crippen LogP contribution in [0.3, 0.4) is 0 Å². The van der Waals surface area contributed by atoms with Gasteiger partial charge in [0.05, 0.1) is 23.1 Å². The molecule has 2 aliphatic rings. The van der Waals surface area contributed by atoms with E-state index in [1.54, 1.807) is 6.20 Å². The normalized spacial score (nSPS) is 26.1. The van der Waals surface area contributed by atoms with Crippen molar-refractivity contribution < 1.29 is 0 Å². The summed E-state index contributed by atoms with van der Waals surface area (Å²) < 4.78 is 1.95. The molecule has 0 saturated heterocycles. The lowest BCUT2D eigenvalue weighted by Crippen LogP contribution is -2.43. The maximum atomic E-state index is 6.44. The topological polar surface area (TPSA) is 81.7 Å². The van der Waals surface area contributed by atoms with Crippen LogP contribution in [0, 0.1) is 5.92 Å². The quantitative estimate of drug-likeness (QED) is 0.836. The zero-order valence-corrected chi connectivity index (χ0v) is 16.3. The molecular formula is C19H27ClN6. The van der Waals surface area contributed by atoms with Crippen LogP contribution in [0.15, 0.2) is 12.4 Å². The smallest absolute Gasteiger partial charge is 0.223 e. The Labute approximate surface area is 159 Å². The molecule has 0 bridgehead atoms. The summed E-state index contributed by atoms with van der Waals surface area (Å²) >= 11 is 6.44. The largest absolute Gasteiger partial charge is 0.351 e. The van der Waals surface area contributed by atoms with Crippen molar-refractivity contribution in [1.82, 2.24) is 19.7 Å². The average Bonchev–Trinajstić information content (AvgIpc) is 3.35. The Balaban J connectivity index is 1.55. The van der Waals surface area contributed by atoms with Gasteiger partial charge in [0.15, 0.2) is 0 Å². The van der Waals surface area contributed by atoms with Crippen LogP contribution in [-0.4, -0.2) is 31.3 Å². The summed E-state index contributed by atoms with van der Waals surface area (Å²) in [6.45, 7) is 2.13. The van der Waals surface area contributed by atoms with Crippen LogP contribution in [-0.2, 0) is 13.5 Å². The summed E-state index contributed by atoms with van der Waals surface area (Å²) in [5.74, 6) is 1.41. The second-order valence-corrected chi connectivity index (χ2v) is 8.65. The first-order valence-electron chi connectivity index (χ1n) is 9.50. The van der Waals surface area contributed by atoms with Gasteiger partial charge in [-0.2, -0.15) is 5.10 Å². The zero-order chi connectivity index (χ0) is 18.3. The number of hydrogen-bond acceptors (Lipinski definition) is 5. The third-order valence-electron chi connectivity index (χ3n) is 5.70. The first kappa shape index (κ1) is 17.7. The Kier molecular flexibility index (Phi) is 4.65. The lowest BCUT2D eigenvalue weighted by Gasteiger charge is -2.34. The molecule has 0 radical (unpaired) electrons. The Morgan fingerprint density at radius 3 is 2.69 bits per heavy atom. The lowest BCUT2D eigenvalue weighted by molar-refractivity contribution is 0.305. The maximum absolute atomic E-state index is 6.44. The van der Waals surface area contributed by atoms with Crippen LogP contribution in [0.1, 0.15) is 51.1 Å². The summed E-state index contributed by atoms with van der Waals surface area (Å²) in [6, 6.07) is 0.362. The minimum absolute atomic E-state index is 0.0440. The van der Waals surface area contributed by atoms with Gasteiger partial charge in [-0.05, 0) is 57.8 Å². The summed E-state index contributed by atoms with van der Waals surface area (Å²) in [5.41, 5.74) is 9.18. The molecule has 2 saturated carbocycles. The number of aromatic nitrogens is 4. The van der Waals surface area contributed by atoms with Crippen LogP contribution in [0.2, 0.25) is 5.02 Å². The van der Waals surface area contributed by atoms with Gasteiger partial charge in [0.25, 0.3) is 0 Å². The molecule has 0 aromatic carbocycles. The average molecular weight is 375 g/mol. The van der Waals surface area contributed by atoms with Crippen LogP contribution in [0.4, 0.5) is 5.95 Å². The molecule has 2 heterocycles. The van der Waals surface area contributed by atoms with E-state index < -0.39 is 0 Å². The second-order valence-electron chi connectivity index (χ2n) is 8.24. The maximum Gasteiger partial charge on any atom is 0.223 e. The Morgan fingerprint density at radius 2 is 2.00 bits per heavy atom. The van der Waals surface area contributed by atoms with E-state index >= 15 is 0 Å². The fraction of sp³-hybridized carbons (Fsp3) is 0.632. The van der Waals surface area contributed by atoms with Crippen LogP contribution in [0.25, 0.3) is 11.3 Å². The first-order valence-corrected chi connectivity index (χ1v) is 9.88. The number of aryl methyl sites for hydroxylation is 1. The molecule has 140 valence electrons. The molecule has 4 rings (SSSR count). The molecule has 2 aromatic heterocycles. The highest BCUT2D eigenvalue weighted by Crippen LogP contribution is 2.37. The van der Waals surface area contributed by atoms with Crippen molar-refractivity contribution in [2.24, 2.45) is 18.7 Å². The van der Waals surface area contributed by atoms with Crippen LogP contribution < -0.4 is 11.1 Å². The Bertz CT molecular complexity index is 785. The van der Waals surface area contributed by atoms with Gasteiger partial charge in [0.2, 0.25) is 5.95 Å². The molecule has 0 aliphatic heterocycles. The van der Waals surface area contributed by atoms with E-state index in [4.69, 9.17) is 22.3 Å². The highest BCUT2D eigenvalue weighted by Gasteiger charge is 2.28. The highest BCUT2D eigenvalue weighted by molar-refractivity contribution is 6.32. The summed E-state index contributed by atoms with van der Waals surface area (Å²) in [5, 5.41) is 8.48. The van der Waals surface area contributed by atoms with Crippen molar-refractivity contribution >= 4 is 17.5 Å². The van der Waals surface area contributed by atoms with E-state index in [1.807, 2.05) is 17.9 Å². The predicted octanol–water partition coefficient (Wildman–Crippen LogP) is 3.55. The summed E-state index contributed by atoms with van der Waals surface area (Å²) in [6.07, 6.45) is 11.3. The van der Waals surface area contributed by atoms with E-state index in [2.05, 4.69) is 22.3 Å². The van der Waals surface area contributed by atoms with Crippen molar-refractivity contribution in [3.63, 3.8) is 0 Å². The lowest BCUT2D eigenvalue weighted by atomic mass is 9.82. The monoisotopic (exact) mass is 374 g/mol. The van der Waals surface area contributed by atoms with Gasteiger partial charge in [-0.3, -0.25) is 4.68 Å². The van der Waals surface area contributed by atoms with Crippen molar-refractivity contribution in [3.8, 4) is 11.3 Å². The Morgan fingerprint density at radius 1 is 1.27 bits per heavy atom. The summed E-state index contributed by atoms with van der Waals surface area (Å²) in [4.78, 5) is 9.13. The van der Waals surface area contributed by atoms with Gasteiger partial charge in [-0.1, -0.05) is 11.6 Å². The van der Waals surface area contributed by atoms with Crippen molar-refractivity contribution in [2.45, 2.75) is 63.5 Å². The minimum atomic E-state index is -0.0440. The Hall–Kier alpha value is -1.66. The molecule has 3 N–H and O–H groups in total. The predicted molar refractivity (Wildman–Crippen MR) is 104 cm³/mol. The fourth-order valence-corrected chi connectivity index (χ4v) is 3.92. The van der Waals surface area contributed by atoms with E-state index in [0.29, 0.717) is 17.0 Å². The van der Waals surface area contributed by atoms with E-state index in [9.17, 15) is 0 Å². The first-order chi connectivity index (χ1) is 12.4. The summed E-state index contributed by atoms with van der Waals surface area (Å²) in [7, 11) is 1.99. The number of nitrogens with one attached hydrogen (secondary N) is 1.